The van der Waals surface area contributed by atoms with Gasteiger partial charge in [-0.1, -0.05) is 18.5 Å². The summed E-state index contributed by atoms with van der Waals surface area (Å²) in [5.41, 5.74) is 2.96. The summed E-state index contributed by atoms with van der Waals surface area (Å²) < 4.78 is 0. The molecule has 1 aliphatic heterocycles. The quantitative estimate of drug-likeness (QED) is 0.781. The van der Waals surface area contributed by atoms with Crippen molar-refractivity contribution < 1.29 is 0 Å². The van der Waals surface area contributed by atoms with Crippen LogP contribution in [0.2, 0.25) is 0 Å². The molecular formula is C12H23ClN2. The third-order valence-corrected chi connectivity index (χ3v) is 3.42. The van der Waals surface area contributed by atoms with Crippen LogP contribution in [0.5, 0.6) is 0 Å². The minimum atomic E-state index is 0.876. The second-order valence-electron chi connectivity index (χ2n) is 4.48. The van der Waals surface area contributed by atoms with Crippen LogP contribution in [-0.4, -0.2) is 37.6 Å². The summed E-state index contributed by atoms with van der Waals surface area (Å²) in [5, 5.41) is 3.43. The maximum atomic E-state index is 5.67. The summed E-state index contributed by atoms with van der Waals surface area (Å²) in [6.45, 7) is 10.0. The van der Waals surface area contributed by atoms with Gasteiger partial charge in [-0.25, -0.2) is 0 Å². The molecule has 0 saturated carbocycles. The largest absolute Gasteiger partial charge is 0.317 e. The standard InChI is InChI=1S/C12H23ClN2/c1-3-14-9-12-4-6-15(7-5-12)10-11(2)8-13/h8,12,14H,3-7,9-10H2,1-2H3. The molecule has 1 rings (SSSR count). The Morgan fingerprint density at radius 3 is 2.67 bits per heavy atom. The lowest BCUT2D eigenvalue weighted by molar-refractivity contribution is 0.195. The van der Waals surface area contributed by atoms with Crippen LogP contribution in [0.3, 0.4) is 0 Å². The highest BCUT2D eigenvalue weighted by Crippen LogP contribution is 2.17. The lowest BCUT2D eigenvalue weighted by Crippen LogP contribution is -2.37. The van der Waals surface area contributed by atoms with Crippen molar-refractivity contribution in [2.24, 2.45) is 5.92 Å². The van der Waals surface area contributed by atoms with Crippen LogP contribution in [0.1, 0.15) is 26.7 Å². The Balaban J connectivity index is 2.18. The van der Waals surface area contributed by atoms with E-state index in [2.05, 4.69) is 24.1 Å². The molecule has 0 aliphatic carbocycles. The Morgan fingerprint density at radius 2 is 2.13 bits per heavy atom. The number of piperidine rings is 1. The van der Waals surface area contributed by atoms with Crippen molar-refractivity contribution >= 4 is 11.6 Å². The molecule has 0 amide bonds. The topological polar surface area (TPSA) is 15.3 Å². The molecule has 1 saturated heterocycles. The molecule has 0 aromatic heterocycles. The first-order valence-electron chi connectivity index (χ1n) is 5.95. The fraction of sp³-hybridized carbons (Fsp3) is 0.833. The van der Waals surface area contributed by atoms with Gasteiger partial charge in [-0.3, -0.25) is 4.90 Å². The molecule has 15 heavy (non-hydrogen) atoms. The Morgan fingerprint density at radius 1 is 1.47 bits per heavy atom. The first-order valence-corrected chi connectivity index (χ1v) is 6.38. The van der Waals surface area contributed by atoms with Crippen LogP contribution in [0.25, 0.3) is 0 Å². The van der Waals surface area contributed by atoms with E-state index in [1.165, 1.54) is 38.0 Å². The van der Waals surface area contributed by atoms with E-state index in [1.54, 1.807) is 5.54 Å². The number of hydrogen-bond acceptors (Lipinski definition) is 2. The Kier molecular flexibility index (Phi) is 6.30. The molecule has 1 aliphatic rings. The van der Waals surface area contributed by atoms with Crippen molar-refractivity contribution in [3.63, 3.8) is 0 Å². The highest BCUT2D eigenvalue weighted by molar-refractivity contribution is 6.25. The number of nitrogens with zero attached hydrogens (tertiary/aromatic N) is 1. The van der Waals surface area contributed by atoms with Gasteiger partial charge in [-0.05, 0) is 57.4 Å². The first-order chi connectivity index (χ1) is 7.26. The fourth-order valence-electron chi connectivity index (χ4n) is 2.08. The molecule has 1 heterocycles. The van der Waals surface area contributed by atoms with Crippen molar-refractivity contribution in [2.75, 3.05) is 32.7 Å². The van der Waals surface area contributed by atoms with Crippen molar-refractivity contribution in [3.05, 3.63) is 11.1 Å². The number of halogens is 1. The second kappa shape index (κ2) is 7.26. The average molecular weight is 231 g/mol. The lowest BCUT2D eigenvalue weighted by Gasteiger charge is -2.32. The van der Waals surface area contributed by atoms with Crippen LogP contribution in [0.4, 0.5) is 0 Å². The molecule has 0 bridgehead atoms. The Labute approximate surface area is 98.7 Å². The molecule has 0 unspecified atom stereocenters. The Bertz CT molecular complexity index is 196. The van der Waals surface area contributed by atoms with E-state index < -0.39 is 0 Å². The molecule has 0 aromatic carbocycles. The summed E-state index contributed by atoms with van der Waals surface area (Å²) in [6.07, 6.45) is 2.64. The minimum absolute atomic E-state index is 0.876. The summed E-state index contributed by atoms with van der Waals surface area (Å²) in [7, 11) is 0. The van der Waals surface area contributed by atoms with E-state index in [4.69, 9.17) is 11.6 Å². The monoisotopic (exact) mass is 230 g/mol. The molecule has 3 heteroatoms. The van der Waals surface area contributed by atoms with Gasteiger partial charge >= 0.3 is 0 Å². The van der Waals surface area contributed by atoms with Gasteiger partial charge in [0.05, 0.1) is 0 Å². The van der Waals surface area contributed by atoms with Crippen molar-refractivity contribution in [2.45, 2.75) is 26.7 Å². The molecule has 2 nitrogen and oxygen atoms in total. The second-order valence-corrected chi connectivity index (χ2v) is 4.70. The van der Waals surface area contributed by atoms with Gasteiger partial charge in [0.1, 0.15) is 0 Å². The molecule has 0 spiro atoms. The van der Waals surface area contributed by atoms with Gasteiger partial charge < -0.3 is 5.32 Å². The van der Waals surface area contributed by atoms with Gasteiger partial charge in [0.2, 0.25) is 0 Å². The summed E-state index contributed by atoms with van der Waals surface area (Å²) in [4.78, 5) is 2.50. The number of nitrogens with one attached hydrogen (secondary N) is 1. The molecule has 1 N–H and O–H groups in total. The molecule has 88 valence electrons. The highest BCUT2D eigenvalue weighted by atomic mass is 35.5. The maximum Gasteiger partial charge on any atom is 0.0201 e. The molecule has 0 aromatic rings. The third-order valence-electron chi connectivity index (χ3n) is 3.05. The molecule has 0 atom stereocenters. The molecule has 1 fully saturated rings. The zero-order chi connectivity index (χ0) is 11.1. The SMILES string of the molecule is CCNCC1CCN(CC(C)=CCl)CC1. The van der Waals surface area contributed by atoms with Crippen LogP contribution in [0.15, 0.2) is 11.1 Å². The highest BCUT2D eigenvalue weighted by Gasteiger charge is 2.18. The van der Waals surface area contributed by atoms with E-state index in [0.29, 0.717) is 0 Å². The number of rotatable bonds is 5. The predicted octanol–water partition coefficient (Wildman–Crippen LogP) is 2.45. The lowest BCUT2D eigenvalue weighted by atomic mass is 9.96. The van der Waals surface area contributed by atoms with Crippen molar-refractivity contribution in [1.29, 1.82) is 0 Å². The van der Waals surface area contributed by atoms with Crippen molar-refractivity contribution in [1.82, 2.24) is 10.2 Å². The van der Waals surface area contributed by atoms with E-state index >= 15 is 0 Å². The normalized spacial score (nSPS) is 20.9. The van der Waals surface area contributed by atoms with Crippen molar-refractivity contribution in [3.8, 4) is 0 Å². The van der Waals surface area contributed by atoms with E-state index in [0.717, 1.165) is 19.0 Å². The summed E-state index contributed by atoms with van der Waals surface area (Å²) in [5.74, 6) is 0.876. The van der Waals surface area contributed by atoms with Gasteiger partial charge in [-0.2, -0.15) is 0 Å². The summed E-state index contributed by atoms with van der Waals surface area (Å²) in [6, 6.07) is 0. The van der Waals surface area contributed by atoms with Gasteiger partial charge in [0, 0.05) is 12.1 Å². The summed E-state index contributed by atoms with van der Waals surface area (Å²) >= 11 is 5.67. The van der Waals surface area contributed by atoms with E-state index in [9.17, 15) is 0 Å². The predicted molar refractivity (Wildman–Crippen MR) is 67.3 cm³/mol. The zero-order valence-corrected chi connectivity index (χ0v) is 10.7. The maximum absolute atomic E-state index is 5.67. The number of likely N-dealkylation sites (tertiary alicyclic amines) is 1. The Hall–Kier alpha value is -0.0500. The van der Waals surface area contributed by atoms with Gasteiger partial charge in [0.25, 0.3) is 0 Å². The smallest absolute Gasteiger partial charge is 0.0201 e. The number of hydrogen-bond donors (Lipinski definition) is 1. The average Bonchev–Trinajstić information content (AvgIpc) is 2.28. The van der Waals surface area contributed by atoms with Crippen LogP contribution in [-0.2, 0) is 0 Å². The zero-order valence-electron chi connectivity index (χ0n) is 9.93. The van der Waals surface area contributed by atoms with E-state index in [-0.39, 0.29) is 0 Å². The van der Waals surface area contributed by atoms with Crippen LogP contribution < -0.4 is 5.32 Å². The van der Waals surface area contributed by atoms with Gasteiger partial charge in [0.15, 0.2) is 0 Å². The third kappa shape index (κ3) is 5.01. The van der Waals surface area contributed by atoms with Gasteiger partial charge in [-0.15, -0.1) is 0 Å². The van der Waals surface area contributed by atoms with Crippen LogP contribution >= 0.6 is 11.6 Å². The molecular weight excluding hydrogens is 208 g/mol. The minimum Gasteiger partial charge on any atom is -0.317 e. The first kappa shape index (κ1) is 13.0. The van der Waals surface area contributed by atoms with E-state index in [1.807, 2.05) is 0 Å². The van der Waals surface area contributed by atoms with Crippen LogP contribution in [0, 0.1) is 5.92 Å². The molecule has 0 radical (unpaired) electrons. The fourth-order valence-corrected chi connectivity index (χ4v) is 2.15.